The van der Waals surface area contributed by atoms with Gasteiger partial charge in [0, 0.05) is 44.0 Å². The summed E-state index contributed by atoms with van der Waals surface area (Å²) in [5.74, 6) is -0.622. The Morgan fingerprint density at radius 1 is 1.17 bits per heavy atom. The van der Waals surface area contributed by atoms with Crippen LogP contribution in [0.25, 0.3) is 0 Å². The molecule has 1 aromatic carbocycles. The van der Waals surface area contributed by atoms with Gasteiger partial charge in [-0.1, -0.05) is 19.9 Å². The lowest BCUT2D eigenvalue weighted by Crippen LogP contribution is -2.44. The van der Waals surface area contributed by atoms with Crippen LogP contribution in [0.1, 0.15) is 50.3 Å². The van der Waals surface area contributed by atoms with E-state index in [0.717, 1.165) is 30.5 Å². The third-order valence-electron chi connectivity index (χ3n) is 7.10. The van der Waals surface area contributed by atoms with Gasteiger partial charge in [-0.3, -0.25) is 19.3 Å². The van der Waals surface area contributed by atoms with Gasteiger partial charge in [-0.15, -0.1) is 0 Å². The van der Waals surface area contributed by atoms with Gasteiger partial charge in [0.05, 0.1) is 19.1 Å². The van der Waals surface area contributed by atoms with Gasteiger partial charge in [-0.2, -0.15) is 0 Å². The molecule has 4 rings (SSSR count). The number of carboxylic acids is 1. The Hall–Kier alpha value is -3.04. The summed E-state index contributed by atoms with van der Waals surface area (Å²) in [6, 6.07) is 9.38. The van der Waals surface area contributed by atoms with Gasteiger partial charge in [0.15, 0.2) is 11.5 Å². The van der Waals surface area contributed by atoms with Crippen molar-refractivity contribution in [1.82, 2.24) is 14.5 Å². The number of carbonyl (C=O) groups is 2. The molecule has 2 aliphatic rings. The predicted octanol–water partition coefficient (Wildman–Crippen LogP) is 3.44. The lowest BCUT2D eigenvalue weighted by molar-refractivity contribution is -0.188. The van der Waals surface area contributed by atoms with Crippen LogP contribution in [-0.2, 0) is 27.9 Å². The van der Waals surface area contributed by atoms with Crippen LogP contribution in [0, 0.1) is 5.92 Å². The van der Waals surface area contributed by atoms with Crippen LogP contribution < -0.4 is 9.47 Å². The summed E-state index contributed by atoms with van der Waals surface area (Å²) in [6.07, 6.45) is 4.94. The molecule has 0 unspecified atom stereocenters. The molecule has 196 valence electrons. The molecule has 3 heterocycles. The minimum atomic E-state index is -0.850. The second-order valence-electron chi connectivity index (χ2n) is 9.56. The van der Waals surface area contributed by atoms with Crippen molar-refractivity contribution >= 4 is 11.9 Å². The third-order valence-corrected chi connectivity index (χ3v) is 7.10. The van der Waals surface area contributed by atoms with Crippen LogP contribution in [0.3, 0.4) is 0 Å². The van der Waals surface area contributed by atoms with E-state index in [0.29, 0.717) is 37.6 Å². The molecule has 2 aromatic rings. The second-order valence-corrected chi connectivity index (χ2v) is 9.56. The Labute approximate surface area is 212 Å². The number of benzene rings is 1. The molecule has 1 fully saturated rings. The average Bonchev–Trinajstić information content (AvgIpc) is 3.58. The molecule has 0 bridgehead atoms. The largest absolute Gasteiger partial charge is 0.481 e. The van der Waals surface area contributed by atoms with E-state index in [9.17, 15) is 14.7 Å². The number of aryl methyl sites for hydroxylation is 2. The standard InChI is InChI=1S/C27H37N3O6/c1-4-12-30(36-14-5-2)25(31)17-29-16-21(19-8-11-23-24(15-19)35-18-34-23)26(27(32)33)22(29)10-9-20-7-6-13-28(20)3/h6-8,11,13,15,21-22,26H,4-5,9-10,12,14,16-18H2,1-3H3,(H,32,33)/t21-,22+,26-/m1/s1. The average molecular weight is 500 g/mol. The number of fused-ring (bicyclic) bond motifs is 1. The Balaban J connectivity index is 1.60. The monoisotopic (exact) mass is 499 g/mol. The lowest BCUT2D eigenvalue weighted by Gasteiger charge is -2.29. The maximum atomic E-state index is 13.3. The molecule has 0 aliphatic carbocycles. The van der Waals surface area contributed by atoms with E-state index in [-0.39, 0.29) is 31.2 Å². The summed E-state index contributed by atoms with van der Waals surface area (Å²) in [4.78, 5) is 33.7. The highest BCUT2D eigenvalue weighted by atomic mass is 16.7. The van der Waals surface area contributed by atoms with Crippen molar-refractivity contribution in [3.05, 3.63) is 47.8 Å². The highest BCUT2D eigenvalue weighted by Gasteiger charge is 2.47. The van der Waals surface area contributed by atoms with Crippen LogP contribution in [0.15, 0.2) is 36.5 Å². The number of amides is 1. The fraction of sp³-hybridized carbons (Fsp3) is 0.556. The molecular weight excluding hydrogens is 462 g/mol. The van der Waals surface area contributed by atoms with Gasteiger partial charge >= 0.3 is 5.97 Å². The molecule has 9 heteroatoms. The number of likely N-dealkylation sites (tertiary alicyclic amines) is 1. The number of aromatic nitrogens is 1. The Bertz CT molecular complexity index is 1050. The van der Waals surface area contributed by atoms with E-state index >= 15 is 0 Å². The summed E-state index contributed by atoms with van der Waals surface area (Å²) in [5.41, 5.74) is 2.02. The quantitative estimate of drug-likeness (QED) is 0.447. The first-order valence-electron chi connectivity index (χ1n) is 12.8. The Kier molecular flexibility index (Phi) is 8.53. The van der Waals surface area contributed by atoms with Crippen molar-refractivity contribution in [3.8, 4) is 11.5 Å². The topological polar surface area (TPSA) is 93.5 Å². The minimum absolute atomic E-state index is 0.117. The zero-order chi connectivity index (χ0) is 25.7. The van der Waals surface area contributed by atoms with Crippen molar-refractivity contribution in [1.29, 1.82) is 0 Å². The normalized spacial score (nSPS) is 21.1. The summed E-state index contributed by atoms with van der Waals surface area (Å²) >= 11 is 0. The Morgan fingerprint density at radius 2 is 1.97 bits per heavy atom. The molecular formula is C27H37N3O6. The highest BCUT2D eigenvalue weighted by molar-refractivity contribution is 5.78. The van der Waals surface area contributed by atoms with Crippen LogP contribution >= 0.6 is 0 Å². The molecule has 1 amide bonds. The van der Waals surface area contributed by atoms with Gasteiger partial charge in [-0.05, 0) is 55.5 Å². The first kappa shape index (κ1) is 26.0. The summed E-state index contributed by atoms with van der Waals surface area (Å²) < 4.78 is 13.0. The molecule has 1 N–H and O–H groups in total. The van der Waals surface area contributed by atoms with E-state index in [1.807, 2.05) is 56.3 Å². The number of aliphatic carboxylic acids is 1. The SMILES string of the molecule is CCCON(CCC)C(=O)CN1C[C@H](c2ccc3c(c2)OCO3)[C@@H](C(=O)O)[C@@H]1CCc1cccn1C. The number of ether oxygens (including phenoxy) is 2. The van der Waals surface area contributed by atoms with Crippen molar-refractivity contribution in [2.45, 2.75) is 51.5 Å². The maximum absolute atomic E-state index is 13.3. The fourth-order valence-corrected chi connectivity index (χ4v) is 5.30. The number of hydroxylamine groups is 2. The number of nitrogens with zero attached hydrogens (tertiary/aromatic N) is 3. The van der Waals surface area contributed by atoms with E-state index in [2.05, 4.69) is 10.6 Å². The number of carboxylic acid groups (broad SMARTS) is 1. The molecule has 0 radical (unpaired) electrons. The summed E-state index contributed by atoms with van der Waals surface area (Å²) in [7, 11) is 1.99. The number of rotatable bonds is 12. The third kappa shape index (κ3) is 5.68. The van der Waals surface area contributed by atoms with Gasteiger partial charge in [0.2, 0.25) is 6.79 Å². The second kappa shape index (κ2) is 11.8. The summed E-state index contributed by atoms with van der Waals surface area (Å²) in [5, 5.41) is 11.8. The number of carbonyl (C=O) groups excluding carboxylic acids is 1. The molecule has 3 atom stereocenters. The highest BCUT2D eigenvalue weighted by Crippen LogP contribution is 2.43. The van der Waals surface area contributed by atoms with Gasteiger partial charge in [-0.25, -0.2) is 5.06 Å². The van der Waals surface area contributed by atoms with Gasteiger partial charge < -0.3 is 19.1 Å². The van der Waals surface area contributed by atoms with E-state index in [1.54, 1.807) is 0 Å². The minimum Gasteiger partial charge on any atom is -0.481 e. The number of hydrogen-bond acceptors (Lipinski definition) is 6. The molecule has 0 spiro atoms. The maximum Gasteiger partial charge on any atom is 0.308 e. The first-order valence-corrected chi connectivity index (χ1v) is 12.8. The molecule has 1 aromatic heterocycles. The fourth-order valence-electron chi connectivity index (χ4n) is 5.30. The van der Waals surface area contributed by atoms with Gasteiger partial charge in [0.1, 0.15) is 0 Å². The number of hydrogen-bond donors (Lipinski definition) is 1. The lowest BCUT2D eigenvalue weighted by atomic mass is 9.83. The molecule has 0 saturated carbocycles. The van der Waals surface area contributed by atoms with Crippen LogP contribution in [-0.4, -0.2) is 70.6 Å². The van der Waals surface area contributed by atoms with Crippen molar-refractivity contribution < 1.29 is 29.0 Å². The van der Waals surface area contributed by atoms with E-state index in [1.165, 1.54) is 5.06 Å². The zero-order valence-corrected chi connectivity index (χ0v) is 21.4. The van der Waals surface area contributed by atoms with Crippen molar-refractivity contribution in [3.63, 3.8) is 0 Å². The molecule has 9 nitrogen and oxygen atoms in total. The van der Waals surface area contributed by atoms with Crippen molar-refractivity contribution in [2.24, 2.45) is 13.0 Å². The van der Waals surface area contributed by atoms with Crippen LogP contribution in [0.4, 0.5) is 0 Å². The zero-order valence-electron chi connectivity index (χ0n) is 21.4. The van der Waals surface area contributed by atoms with E-state index < -0.39 is 11.9 Å². The molecule has 1 saturated heterocycles. The van der Waals surface area contributed by atoms with Crippen LogP contribution in [0.5, 0.6) is 11.5 Å². The summed E-state index contributed by atoms with van der Waals surface area (Å²) in [6.45, 7) is 5.73. The predicted molar refractivity (Wildman–Crippen MR) is 134 cm³/mol. The Morgan fingerprint density at radius 3 is 2.67 bits per heavy atom. The smallest absolute Gasteiger partial charge is 0.308 e. The van der Waals surface area contributed by atoms with E-state index in [4.69, 9.17) is 14.3 Å². The molecule has 36 heavy (non-hydrogen) atoms. The van der Waals surface area contributed by atoms with Crippen LogP contribution in [0.2, 0.25) is 0 Å². The van der Waals surface area contributed by atoms with Crippen molar-refractivity contribution in [2.75, 3.05) is 33.0 Å². The molecule has 2 aliphatic heterocycles. The van der Waals surface area contributed by atoms with Gasteiger partial charge in [0.25, 0.3) is 5.91 Å². The first-order chi connectivity index (χ1) is 17.4.